The van der Waals surface area contributed by atoms with Gasteiger partial charge in [-0.3, -0.25) is 0 Å². The van der Waals surface area contributed by atoms with Gasteiger partial charge in [0.1, 0.15) is 5.52 Å². The van der Waals surface area contributed by atoms with E-state index in [0.717, 1.165) is 27.6 Å². The van der Waals surface area contributed by atoms with Crippen molar-refractivity contribution in [3.8, 4) is 33.7 Å². The molecule has 0 saturated carbocycles. The first-order valence-corrected chi connectivity index (χ1v) is 14.2. The standard InChI is InChI=1S/C39H29NO/c1-39(2,3)29-16-9-25(10-17-29)30-18-11-26-13-20-32-33(21-14-27-12-19-31(30)36(26)37(27)32)38-40-34-23-28(15-22-35(34)41-38)24-7-5-4-6-8-24/h4-23H,1-3H3. The van der Waals surface area contributed by atoms with Crippen LogP contribution in [0.1, 0.15) is 26.3 Å². The van der Waals surface area contributed by atoms with Gasteiger partial charge in [0.2, 0.25) is 5.89 Å². The Labute approximate surface area is 239 Å². The largest absolute Gasteiger partial charge is 0.436 e. The summed E-state index contributed by atoms with van der Waals surface area (Å²) in [4.78, 5) is 4.98. The number of hydrogen-bond donors (Lipinski definition) is 0. The molecule has 0 bridgehead atoms. The van der Waals surface area contributed by atoms with E-state index in [9.17, 15) is 0 Å². The highest BCUT2D eigenvalue weighted by molar-refractivity contribution is 6.27. The molecule has 0 fully saturated rings. The number of aromatic nitrogens is 1. The lowest BCUT2D eigenvalue weighted by Gasteiger charge is -2.20. The Hall–Kier alpha value is -4.95. The van der Waals surface area contributed by atoms with Crippen molar-refractivity contribution in [2.24, 2.45) is 0 Å². The van der Waals surface area contributed by atoms with E-state index < -0.39 is 0 Å². The van der Waals surface area contributed by atoms with Crippen LogP contribution in [0.25, 0.3) is 77.1 Å². The highest BCUT2D eigenvalue weighted by atomic mass is 16.3. The Kier molecular flexibility index (Phi) is 5.11. The molecule has 2 nitrogen and oxygen atoms in total. The predicted molar refractivity (Wildman–Crippen MR) is 173 cm³/mol. The molecule has 0 aliphatic rings. The number of benzene rings is 7. The average molecular weight is 528 g/mol. The van der Waals surface area contributed by atoms with E-state index in [1.165, 1.54) is 49.2 Å². The third-order valence-corrected chi connectivity index (χ3v) is 8.45. The molecule has 0 N–H and O–H groups in total. The van der Waals surface area contributed by atoms with E-state index in [1.54, 1.807) is 0 Å². The molecule has 1 aromatic heterocycles. The molecular formula is C39H29NO. The third-order valence-electron chi connectivity index (χ3n) is 8.45. The minimum Gasteiger partial charge on any atom is -0.436 e. The number of hydrogen-bond acceptors (Lipinski definition) is 2. The Morgan fingerprint density at radius 1 is 0.537 bits per heavy atom. The molecular weight excluding hydrogens is 498 g/mol. The number of nitrogens with zero attached hydrogens (tertiary/aromatic N) is 1. The monoisotopic (exact) mass is 527 g/mol. The molecule has 8 rings (SSSR count). The molecule has 41 heavy (non-hydrogen) atoms. The van der Waals surface area contributed by atoms with Gasteiger partial charge in [0.05, 0.1) is 0 Å². The van der Waals surface area contributed by atoms with Crippen molar-refractivity contribution in [2.75, 3.05) is 0 Å². The number of fused-ring (bicyclic) bond motifs is 1. The van der Waals surface area contributed by atoms with Crippen molar-refractivity contribution in [3.63, 3.8) is 0 Å². The van der Waals surface area contributed by atoms with Crippen molar-refractivity contribution in [1.29, 1.82) is 0 Å². The van der Waals surface area contributed by atoms with Crippen LogP contribution < -0.4 is 0 Å². The van der Waals surface area contributed by atoms with Gasteiger partial charge < -0.3 is 4.42 Å². The molecule has 0 saturated heterocycles. The lowest BCUT2D eigenvalue weighted by atomic mass is 9.85. The van der Waals surface area contributed by atoms with Gasteiger partial charge in [0.15, 0.2) is 5.58 Å². The highest BCUT2D eigenvalue weighted by Gasteiger charge is 2.18. The molecule has 196 valence electrons. The van der Waals surface area contributed by atoms with Crippen LogP contribution in [-0.2, 0) is 5.41 Å². The fourth-order valence-corrected chi connectivity index (χ4v) is 6.24. The Balaban J connectivity index is 1.30. The van der Waals surface area contributed by atoms with Gasteiger partial charge in [-0.1, -0.05) is 124 Å². The molecule has 0 spiro atoms. The van der Waals surface area contributed by atoms with Gasteiger partial charge in [-0.25, -0.2) is 4.98 Å². The van der Waals surface area contributed by atoms with Crippen LogP contribution in [0.15, 0.2) is 126 Å². The lowest BCUT2D eigenvalue weighted by Crippen LogP contribution is -2.10. The first-order valence-electron chi connectivity index (χ1n) is 14.2. The first-order chi connectivity index (χ1) is 19.9. The van der Waals surface area contributed by atoms with Crippen LogP contribution in [-0.4, -0.2) is 4.98 Å². The van der Waals surface area contributed by atoms with E-state index >= 15 is 0 Å². The summed E-state index contributed by atoms with van der Waals surface area (Å²) in [6.45, 7) is 6.78. The van der Waals surface area contributed by atoms with E-state index in [0.29, 0.717) is 5.89 Å². The molecule has 8 aromatic rings. The van der Waals surface area contributed by atoms with E-state index in [-0.39, 0.29) is 5.41 Å². The molecule has 2 heteroatoms. The maximum atomic E-state index is 6.36. The van der Waals surface area contributed by atoms with Gasteiger partial charge in [-0.2, -0.15) is 0 Å². The molecule has 0 atom stereocenters. The van der Waals surface area contributed by atoms with Crippen LogP contribution in [0.2, 0.25) is 0 Å². The smallest absolute Gasteiger partial charge is 0.227 e. The van der Waals surface area contributed by atoms with Gasteiger partial charge in [-0.15, -0.1) is 0 Å². The molecule has 0 unspecified atom stereocenters. The van der Waals surface area contributed by atoms with Crippen LogP contribution >= 0.6 is 0 Å². The Morgan fingerprint density at radius 3 is 1.83 bits per heavy atom. The van der Waals surface area contributed by atoms with Gasteiger partial charge in [0.25, 0.3) is 0 Å². The normalized spacial score (nSPS) is 12.3. The highest BCUT2D eigenvalue weighted by Crippen LogP contribution is 2.43. The van der Waals surface area contributed by atoms with Crippen molar-refractivity contribution in [3.05, 3.63) is 127 Å². The van der Waals surface area contributed by atoms with Crippen molar-refractivity contribution < 1.29 is 4.42 Å². The molecule has 0 aliphatic heterocycles. The van der Waals surface area contributed by atoms with Crippen molar-refractivity contribution >= 4 is 43.4 Å². The van der Waals surface area contributed by atoms with Crippen molar-refractivity contribution in [1.82, 2.24) is 4.98 Å². The topological polar surface area (TPSA) is 26.0 Å². The molecule has 0 amide bonds. The summed E-state index contributed by atoms with van der Waals surface area (Å²) in [5, 5.41) is 7.46. The molecule has 0 radical (unpaired) electrons. The zero-order valence-corrected chi connectivity index (χ0v) is 23.4. The van der Waals surface area contributed by atoms with Crippen LogP contribution in [0.5, 0.6) is 0 Å². The van der Waals surface area contributed by atoms with Crippen LogP contribution in [0.3, 0.4) is 0 Å². The van der Waals surface area contributed by atoms with E-state index in [1.807, 2.05) is 12.1 Å². The van der Waals surface area contributed by atoms with Crippen molar-refractivity contribution in [2.45, 2.75) is 26.2 Å². The summed E-state index contributed by atoms with van der Waals surface area (Å²) in [7, 11) is 0. The summed E-state index contributed by atoms with van der Waals surface area (Å²) >= 11 is 0. The predicted octanol–water partition coefficient (Wildman–Crippen LogP) is 11.0. The minimum absolute atomic E-state index is 0.130. The van der Waals surface area contributed by atoms with Gasteiger partial charge in [0, 0.05) is 5.56 Å². The lowest BCUT2D eigenvalue weighted by molar-refractivity contribution is 0.590. The van der Waals surface area contributed by atoms with E-state index in [2.05, 4.69) is 130 Å². The van der Waals surface area contributed by atoms with Crippen LogP contribution in [0.4, 0.5) is 0 Å². The third kappa shape index (κ3) is 3.82. The zero-order chi connectivity index (χ0) is 27.7. The quantitative estimate of drug-likeness (QED) is 0.214. The fourth-order valence-electron chi connectivity index (χ4n) is 6.24. The molecule has 1 heterocycles. The second kappa shape index (κ2) is 8.78. The maximum absolute atomic E-state index is 6.36. The zero-order valence-electron chi connectivity index (χ0n) is 23.4. The fraction of sp³-hybridized carbons (Fsp3) is 0.103. The first kappa shape index (κ1) is 23.9. The summed E-state index contributed by atoms with van der Waals surface area (Å²) in [5.41, 5.74) is 8.96. The second-order valence-corrected chi connectivity index (χ2v) is 12.0. The number of oxazole rings is 1. The van der Waals surface area contributed by atoms with Crippen LogP contribution in [0, 0.1) is 0 Å². The number of rotatable bonds is 3. The van der Waals surface area contributed by atoms with Gasteiger partial charge in [-0.05, 0) is 83.7 Å². The molecule has 0 aliphatic carbocycles. The maximum Gasteiger partial charge on any atom is 0.227 e. The van der Waals surface area contributed by atoms with Gasteiger partial charge >= 0.3 is 0 Å². The summed E-state index contributed by atoms with van der Waals surface area (Å²) < 4.78 is 6.36. The SMILES string of the molecule is CC(C)(C)c1ccc(-c2ccc3ccc4c(-c5nc6cc(-c7ccccc7)ccc6o5)ccc5ccc2c3c54)cc1. The Morgan fingerprint density at radius 2 is 1.15 bits per heavy atom. The summed E-state index contributed by atoms with van der Waals surface area (Å²) in [6, 6.07) is 43.6. The Bertz CT molecular complexity index is 2210. The second-order valence-electron chi connectivity index (χ2n) is 12.0. The summed E-state index contributed by atoms with van der Waals surface area (Å²) in [5.74, 6) is 0.654. The molecule has 7 aromatic carbocycles. The van der Waals surface area contributed by atoms with E-state index in [4.69, 9.17) is 9.40 Å². The summed E-state index contributed by atoms with van der Waals surface area (Å²) in [6.07, 6.45) is 0. The average Bonchev–Trinajstić information content (AvgIpc) is 3.43. The minimum atomic E-state index is 0.130.